The first-order valence-electron chi connectivity index (χ1n) is 11.8. The number of aryl methyl sites for hydroxylation is 2. The molecule has 1 atom stereocenters. The first-order valence-corrected chi connectivity index (χ1v) is 11.8. The van der Waals surface area contributed by atoms with Gasteiger partial charge in [0.2, 0.25) is 5.78 Å². The van der Waals surface area contributed by atoms with Gasteiger partial charge in [0.25, 0.3) is 0 Å². The average molecular weight is 461 g/mol. The van der Waals surface area contributed by atoms with E-state index in [1.165, 1.54) is 0 Å². The van der Waals surface area contributed by atoms with Gasteiger partial charge in [0.1, 0.15) is 0 Å². The highest BCUT2D eigenvalue weighted by Crippen LogP contribution is 2.26. The number of hydrogen-bond acceptors (Lipinski definition) is 5. The van der Waals surface area contributed by atoms with Crippen molar-refractivity contribution in [1.82, 2.24) is 4.57 Å². The summed E-state index contributed by atoms with van der Waals surface area (Å²) in [6.45, 7) is 9.23. The number of aromatic nitrogens is 1. The monoisotopic (exact) mass is 460 g/mol. The second kappa shape index (κ2) is 10.3. The van der Waals surface area contributed by atoms with Crippen molar-refractivity contribution in [3.05, 3.63) is 82.2 Å². The first-order chi connectivity index (χ1) is 16.3. The van der Waals surface area contributed by atoms with Crippen LogP contribution in [-0.2, 0) is 16.0 Å². The molecule has 1 fully saturated rings. The normalized spacial score (nSPS) is 15.4. The van der Waals surface area contributed by atoms with Gasteiger partial charge < -0.3 is 19.4 Å². The SMILES string of the molecule is Cc1cccc(Nc2ccccc2C(=O)OCC(=O)c2cc(C)n(CC3CCCO3)c2C)c1C. The molecule has 3 aromatic rings. The molecule has 34 heavy (non-hydrogen) atoms. The third kappa shape index (κ3) is 5.07. The topological polar surface area (TPSA) is 69.6 Å². The second-order valence-electron chi connectivity index (χ2n) is 8.95. The van der Waals surface area contributed by atoms with Crippen LogP contribution in [-0.4, -0.2) is 35.6 Å². The predicted octanol–water partition coefficient (Wildman–Crippen LogP) is 5.68. The molecule has 178 valence electrons. The zero-order valence-corrected chi connectivity index (χ0v) is 20.3. The molecule has 6 nitrogen and oxygen atoms in total. The summed E-state index contributed by atoms with van der Waals surface area (Å²) in [5.41, 5.74) is 6.70. The van der Waals surface area contributed by atoms with Crippen LogP contribution < -0.4 is 5.32 Å². The number of para-hydroxylation sites is 1. The zero-order valence-electron chi connectivity index (χ0n) is 20.3. The number of nitrogens with one attached hydrogen (secondary N) is 1. The molecule has 6 heteroatoms. The van der Waals surface area contributed by atoms with Crippen LogP contribution in [0.2, 0.25) is 0 Å². The molecule has 0 radical (unpaired) electrons. The number of carbonyl (C=O) groups is 2. The maximum Gasteiger partial charge on any atom is 0.340 e. The third-order valence-electron chi connectivity index (χ3n) is 6.64. The molecular weight excluding hydrogens is 428 g/mol. The molecule has 2 heterocycles. The highest BCUT2D eigenvalue weighted by molar-refractivity contribution is 6.02. The number of ether oxygens (including phenoxy) is 2. The van der Waals surface area contributed by atoms with Gasteiger partial charge in [-0.25, -0.2) is 4.79 Å². The fourth-order valence-electron chi connectivity index (χ4n) is 4.44. The zero-order chi connectivity index (χ0) is 24.2. The lowest BCUT2D eigenvalue weighted by Crippen LogP contribution is -2.18. The van der Waals surface area contributed by atoms with Crippen LogP contribution >= 0.6 is 0 Å². The summed E-state index contributed by atoms with van der Waals surface area (Å²) in [6.07, 6.45) is 2.30. The van der Waals surface area contributed by atoms with E-state index in [-0.39, 0.29) is 18.5 Å². The Hall–Kier alpha value is -3.38. The summed E-state index contributed by atoms with van der Waals surface area (Å²) < 4.78 is 13.3. The fraction of sp³-hybridized carbons (Fsp3) is 0.357. The van der Waals surface area contributed by atoms with Crippen LogP contribution in [0.4, 0.5) is 11.4 Å². The Morgan fingerprint density at radius 2 is 1.79 bits per heavy atom. The summed E-state index contributed by atoms with van der Waals surface area (Å²) in [6, 6.07) is 15.0. The van der Waals surface area contributed by atoms with Crippen LogP contribution in [0.5, 0.6) is 0 Å². The highest BCUT2D eigenvalue weighted by Gasteiger charge is 2.22. The third-order valence-corrected chi connectivity index (χ3v) is 6.64. The summed E-state index contributed by atoms with van der Waals surface area (Å²) >= 11 is 0. The number of hydrogen-bond donors (Lipinski definition) is 1. The number of esters is 1. The molecule has 2 aromatic carbocycles. The molecule has 1 aliphatic rings. The molecule has 1 aromatic heterocycles. The van der Waals surface area contributed by atoms with E-state index in [1.54, 1.807) is 12.1 Å². The van der Waals surface area contributed by atoms with Crippen molar-refractivity contribution in [2.75, 3.05) is 18.5 Å². The molecule has 0 bridgehead atoms. The van der Waals surface area contributed by atoms with Gasteiger partial charge in [-0.3, -0.25) is 4.79 Å². The summed E-state index contributed by atoms with van der Waals surface area (Å²) in [5, 5.41) is 3.34. The van der Waals surface area contributed by atoms with E-state index in [0.717, 1.165) is 54.2 Å². The molecule has 0 saturated carbocycles. The Labute approximate surface area is 200 Å². The van der Waals surface area contributed by atoms with E-state index in [1.807, 2.05) is 64.1 Å². The Morgan fingerprint density at radius 3 is 2.56 bits per heavy atom. The lowest BCUT2D eigenvalue weighted by atomic mass is 10.1. The van der Waals surface area contributed by atoms with E-state index >= 15 is 0 Å². The lowest BCUT2D eigenvalue weighted by Gasteiger charge is -2.15. The van der Waals surface area contributed by atoms with Crippen molar-refractivity contribution in [2.45, 2.75) is 53.2 Å². The summed E-state index contributed by atoms with van der Waals surface area (Å²) in [7, 11) is 0. The molecule has 0 aliphatic carbocycles. The minimum Gasteiger partial charge on any atom is -0.454 e. The van der Waals surface area contributed by atoms with Gasteiger partial charge in [-0.2, -0.15) is 0 Å². The van der Waals surface area contributed by atoms with E-state index in [2.05, 4.69) is 9.88 Å². The maximum absolute atomic E-state index is 12.9. The smallest absolute Gasteiger partial charge is 0.340 e. The van der Waals surface area contributed by atoms with Gasteiger partial charge in [-0.15, -0.1) is 0 Å². The van der Waals surface area contributed by atoms with Crippen LogP contribution in [0.3, 0.4) is 0 Å². The second-order valence-corrected chi connectivity index (χ2v) is 8.95. The standard InChI is InChI=1S/C28H32N2O4/c1-18-9-7-13-25(20(18)3)29-26-12-6-5-11-23(26)28(32)34-17-27(31)24-15-19(2)30(21(24)4)16-22-10-8-14-33-22/h5-7,9,11-13,15,22,29H,8,10,14,16-17H2,1-4H3. The minimum atomic E-state index is -0.532. The van der Waals surface area contributed by atoms with Gasteiger partial charge >= 0.3 is 5.97 Å². The van der Waals surface area contributed by atoms with Crippen molar-refractivity contribution in [1.29, 1.82) is 0 Å². The quantitative estimate of drug-likeness (QED) is 0.346. The van der Waals surface area contributed by atoms with Gasteiger partial charge in [0.05, 0.1) is 17.4 Å². The molecule has 1 unspecified atom stereocenters. The Morgan fingerprint density at radius 1 is 1.03 bits per heavy atom. The number of carbonyl (C=O) groups excluding carboxylic acids is 2. The number of rotatable bonds is 8. The Bertz CT molecular complexity index is 1210. The maximum atomic E-state index is 12.9. The Kier molecular flexibility index (Phi) is 7.17. The predicted molar refractivity (Wildman–Crippen MR) is 133 cm³/mol. The van der Waals surface area contributed by atoms with E-state index < -0.39 is 5.97 Å². The number of anilines is 2. The van der Waals surface area contributed by atoms with Gasteiger partial charge in [0, 0.05) is 35.8 Å². The summed E-state index contributed by atoms with van der Waals surface area (Å²) in [4.78, 5) is 25.8. The molecule has 0 spiro atoms. The van der Waals surface area contributed by atoms with Crippen molar-refractivity contribution in [3.8, 4) is 0 Å². The molecular formula is C28H32N2O4. The number of benzene rings is 2. The van der Waals surface area contributed by atoms with Gasteiger partial charge in [-0.1, -0.05) is 24.3 Å². The molecule has 1 N–H and O–H groups in total. The van der Waals surface area contributed by atoms with E-state index in [9.17, 15) is 9.59 Å². The Balaban J connectivity index is 1.44. The average Bonchev–Trinajstić information content (AvgIpc) is 3.44. The summed E-state index contributed by atoms with van der Waals surface area (Å²) in [5.74, 6) is -0.741. The van der Waals surface area contributed by atoms with Crippen LogP contribution in [0.25, 0.3) is 0 Å². The van der Waals surface area contributed by atoms with Crippen molar-refractivity contribution >= 4 is 23.1 Å². The lowest BCUT2D eigenvalue weighted by molar-refractivity contribution is 0.0475. The van der Waals surface area contributed by atoms with Crippen molar-refractivity contribution in [2.24, 2.45) is 0 Å². The van der Waals surface area contributed by atoms with Crippen molar-refractivity contribution < 1.29 is 19.1 Å². The van der Waals surface area contributed by atoms with Gasteiger partial charge in [-0.05, 0) is 75.9 Å². The largest absolute Gasteiger partial charge is 0.454 e. The molecule has 1 saturated heterocycles. The van der Waals surface area contributed by atoms with Crippen LogP contribution in [0.15, 0.2) is 48.5 Å². The first kappa shape index (κ1) is 23.8. The number of ketones is 1. The number of Topliss-reactive ketones (excluding diaryl/α,β-unsaturated/α-hetero) is 1. The fourth-order valence-corrected chi connectivity index (χ4v) is 4.44. The van der Waals surface area contributed by atoms with Gasteiger partial charge in [0.15, 0.2) is 6.61 Å². The van der Waals surface area contributed by atoms with Crippen molar-refractivity contribution in [3.63, 3.8) is 0 Å². The van der Waals surface area contributed by atoms with Crippen LogP contribution in [0.1, 0.15) is 56.1 Å². The molecule has 4 rings (SSSR count). The van der Waals surface area contributed by atoms with Crippen LogP contribution in [0, 0.1) is 27.7 Å². The highest BCUT2D eigenvalue weighted by atomic mass is 16.5. The number of nitrogens with zero attached hydrogens (tertiary/aromatic N) is 1. The van der Waals surface area contributed by atoms with E-state index in [4.69, 9.17) is 9.47 Å². The van der Waals surface area contributed by atoms with E-state index in [0.29, 0.717) is 16.8 Å². The minimum absolute atomic E-state index is 0.187. The molecule has 1 aliphatic heterocycles. The molecule has 0 amide bonds.